The molecule has 6 aromatic carbocycles. The molecule has 0 aliphatic rings. The summed E-state index contributed by atoms with van der Waals surface area (Å²) in [5.41, 5.74) is 10.4. The zero-order valence-electron chi connectivity index (χ0n) is 56.2. The fourth-order valence-electron chi connectivity index (χ4n) is 11.3. The second-order valence-corrected chi connectivity index (χ2v) is 32.4. The van der Waals surface area contributed by atoms with Gasteiger partial charge >= 0.3 is 0 Å². The summed E-state index contributed by atoms with van der Waals surface area (Å²) in [5.74, 6) is -1.11. The van der Waals surface area contributed by atoms with Gasteiger partial charge in [0.1, 0.15) is 34.5 Å². The topological polar surface area (TPSA) is 146 Å². The van der Waals surface area contributed by atoms with Crippen molar-refractivity contribution in [1.29, 1.82) is 0 Å². The van der Waals surface area contributed by atoms with E-state index in [1.807, 2.05) is 62.4 Å². The Morgan fingerprint density at radius 1 is 0.286 bits per heavy atom. The van der Waals surface area contributed by atoms with Crippen LogP contribution in [-0.2, 0) is 43.3 Å². The molecule has 0 fully saturated rings. The largest absolute Gasteiger partial charge is 0.507 e. The first kappa shape index (κ1) is 66.6. The van der Waals surface area contributed by atoms with Crippen LogP contribution >= 0.6 is 0 Å². The van der Waals surface area contributed by atoms with Crippen molar-refractivity contribution in [1.82, 2.24) is 0 Å². The lowest BCUT2D eigenvalue weighted by Gasteiger charge is -2.33. The van der Waals surface area contributed by atoms with Gasteiger partial charge in [0.25, 0.3) is 0 Å². The van der Waals surface area contributed by atoms with Crippen LogP contribution < -0.4 is 0 Å². The minimum absolute atomic E-state index is 0.0113. The van der Waals surface area contributed by atoms with Gasteiger partial charge in [-0.05, 0) is 125 Å². The molecule has 84 heavy (non-hydrogen) atoms. The summed E-state index contributed by atoms with van der Waals surface area (Å²) in [6, 6.07) is 24.3. The number of rotatable bonds is 11. The second kappa shape index (κ2) is 23.0. The number of phenols is 6. The zero-order valence-corrected chi connectivity index (χ0v) is 56.2. The van der Waals surface area contributed by atoms with Crippen molar-refractivity contribution in [3.05, 3.63) is 173 Å². The molecular formula is C76H104N2O6. The summed E-state index contributed by atoms with van der Waals surface area (Å²) >= 11 is 0. The standard InChI is InChI=1S/C76H104N2O6/c1-43-29-45(63(79)51(31-43)61(53-33-47(69(3,4)5)37-57(65(53)81)73(15,16)17)54-34-48(70(6,7)8)38-58(66(54)82)74(18,19)20)41-77-27-28-78-42-46-30-44(2)32-52(64(46)80)62(55-35-49(71(9,10)11)39-59(67(55)83)75(21,22)23)56-36-50(72(12,13)14)40-60(68(56)84)76(24,25)26/h29-42,61-62,79-84H,27-28H2,1-26H3. The smallest absolute Gasteiger partial charge is 0.128 e. The van der Waals surface area contributed by atoms with E-state index in [1.54, 1.807) is 12.4 Å². The van der Waals surface area contributed by atoms with Crippen molar-refractivity contribution in [2.24, 2.45) is 9.98 Å². The van der Waals surface area contributed by atoms with E-state index < -0.39 is 33.5 Å². The quantitative estimate of drug-likeness (QED) is 0.0433. The van der Waals surface area contributed by atoms with E-state index in [1.165, 1.54) is 0 Å². The Labute approximate surface area is 506 Å². The van der Waals surface area contributed by atoms with Crippen LogP contribution in [0.3, 0.4) is 0 Å². The molecule has 8 heteroatoms. The van der Waals surface area contributed by atoms with Crippen molar-refractivity contribution < 1.29 is 30.6 Å². The first-order valence-corrected chi connectivity index (χ1v) is 30.2. The SMILES string of the molecule is Cc1cc(C=NCCN=Cc2cc(C)cc(C(c3cc(C(C)(C)C)cc(C(C)(C)C)c3O)c3cc(C(C)(C)C)cc(C(C)(C)C)c3O)c2O)c(O)c(C(c2cc(C(C)(C)C)cc(C(C)(C)C)c2O)c2cc(C(C)(C)C)cc(C(C)(C)C)c2O)c1. The molecule has 6 rings (SSSR count). The van der Waals surface area contributed by atoms with Crippen LogP contribution in [0, 0.1) is 13.8 Å². The molecule has 6 N–H and O–H groups in total. The lowest BCUT2D eigenvalue weighted by Crippen LogP contribution is -2.21. The zero-order chi connectivity index (χ0) is 63.7. The van der Waals surface area contributed by atoms with Gasteiger partial charge in [0, 0.05) is 68.8 Å². The van der Waals surface area contributed by atoms with Crippen LogP contribution in [0.25, 0.3) is 0 Å². The summed E-state index contributed by atoms with van der Waals surface area (Å²) in [4.78, 5) is 9.64. The lowest BCUT2D eigenvalue weighted by atomic mass is 9.72. The Kier molecular flexibility index (Phi) is 18.3. The number of hydrogen-bond acceptors (Lipinski definition) is 8. The van der Waals surface area contributed by atoms with Gasteiger partial charge < -0.3 is 30.6 Å². The van der Waals surface area contributed by atoms with Gasteiger partial charge in [-0.25, -0.2) is 0 Å². The van der Waals surface area contributed by atoms with E-state index in [-0.39, 0.29) is 69.2 Å². The Hall–Kier alpha value is -6.54. The molecular weight excluding hydrogens is 1040 g/mol. The van der Waals surface area contributed by atoms with E-state index in [0.717, 1.165) is 55.6 Å². The van der Waals surface area contributed by atoms with Gasteiger partial charge in [-0.15, -0.1) is 0 Å². The molecule has 6 aromatic rings. The first-order valence-electron chi connectivity index (χ1n) is 30.2. The normalized spacial score (nSPS) is 13.6. The maximum atomic E-state index is 12.7. The summed E-state index contributed by atoms with van der Waals surface area (Å²) in [7, 11) is 0. The summed E-state index contributed by atoms with van der Waals surface area (Å²) in [6.45, 7) is 55.4. The molecule has 0 unspecified atom stereocenters. The molecule has 0 heterocycles. The summed E-state index contributed by atoms with van der Waals surface area (Å²) in [6.07, 6.45) is 3.33. The Morgan fingerprint density at radius 2 is 0.488 bits per heavy atom. The average Bonchev–Trinajstić information content (AvgIpc) is 0.863. The third-order valence-corrected chi connectivity index (χ3v) is 16.6. The van der Waals surface area contributed by atoms with Crippen LogP contribution in [-0.4, -0.2) is 56.2 Å². The maximum absolute atomic E-state index is 12.7. The van der Waals surface area contributed by atoms with Crippen molar-refractivity contribution in [3.8, 4) is 34.5 Å². The van der Waals surface area contributed by atoms with Gasteiger partial charge in [-0.3, -0.25) is 9.98 Å². The molecule has 0 radical (unpaired) electrons. The highest BCUT2D eigenvalue weighted by atomic mass is 16.3. The Morgan fingerprint density at radius 3 is 0.679 bits per heavy atom. The van der Waals surface area contributed by atoms with Gasteiger partial charge in [0.05, 0.1) is 13.1 Å². The van der Waals surface area contributed by atoms with Crippen molar-refractivity contribution in [2.75, 3.05) is 13.1 Å². The molecule has 0 atom stereocenters. The number of aliphatic imine (C=N–C) groups is 2. The second-order valence-electron chi connectivity index (χ2n) is 32.4. The molecule has 0 spiro atoms. The monoisotopic (exact) mass is 1140 g/mol. The Balaban J connectivity index is 1.50. The highest BCUT2D eigenvalue weighted by molar-refractivity contribution is 5.86. The maximum Gasteiger partial charge on any atom is 0.128 e. The van der Waals surface area contributed by atoms with E-state index in [0.29, 0.717) is 44.5 Å². The molecule has 0 bridgehead atoms. The van der Waals surface area contributed by atoms with Crippen LogP contribution in [0.4, 0.5) is 0 Å². The number of aromatic hydroxyl groups is 6. The number of nitrogens with zero attached hydrogens (tertiary/aromatic N) is 2. The minimum Gasteiger partial charge on any atom is -0.507 e. The first-order chi connectivity index (χ1) is 38.0. The Bertz CT molecular complexity index is 3100. The van der Waals surface area contributed by atoms with Gasteiger partial charge in [-0.1, -0.05) is 227 Å². The third kappa shape index (κ3) is 14.4. The minimum atomic E-state index is -0.793. The number of hydrogen-bond donors (Lipinski definition) is 6. The fraction of sp³-hybridized carbons (Fsp3) is 0.500. The molecule has 0 amide bonds. The molecule has 8 nitrogen and oxygen atoms in total. The highest BCUT2D eigenvalue weighted by Gasteiger charge is 2.38. The lowest BCUT2D eigenvalue weighted by molar-refractivity contribution is 0.424. The van der Waals surface area contributed by atoms with Gasteiger partial charge in [-0.2, -0.15) is 0 Å². The highest BCUT2D eigenvalue weighted by Crippen LogP contribution is 2.54. The van der Waals surface area contributed by atoms with Gasteiger partial charge in [0.2, 0.25) is 0 Å². The predicted molar refractivity (Wildman–Crippen MR) is 355 cm³/mol. The molecule has 0 aliphatic carbocycles. The van der Waals surface area contributed by atoms with Crippen LogP contribution in [0.2, 0.25) is 0 Å². The van der Waals surface area contributed by atoms with Crippen LogP contribution in [0.5, 0.6) is 34.5 Å². The molecule has 0 aromatic heterocycles. The molecule has 0 saturated carbocycles. The van der Waals surface area contributed by atoms with E-state index in [9.17, 15) is 30.6 Å². The molecule has 0 aliphatic heterocycles. The fourth-order valence-corrected chi connectivity index (χ4v) is 11.3. The molecule has 0 saturated heterocycles. The predicted octanol–water partition coefficient (Wildman–Crippen LogP) is 18.8. The average molecular weight is 1140 g/mol. The van der Waals surface area contributed by atoms with Crippen molar-refractivity contribution in [3.63, 3.8) is 0 Å². The van der Waals surface area contributed by atoms with Crippen molar-refractivity contribution in [2.45, 2.75) is 235 Å². The summed E-state index contributed by atoms with van der Waals surface area (Å²) in [5, 5.41) is 75.7. The van der Waals surface area contributed by atoms with Crippen LogP contribution in [0.15, 0.2) is 82.8 Å². The van der Waals surface area contributed by atoms with Crippen molar-refractivity contribution >= 4 is 12.4 Å². The summed E-state index contributed by atoms with van der Waals surface area (Å²) < 4.78 is 0. The molecule has 454 valence electrons. The van der Waals surface area contributed by atoms with E-state index in [4.69, 9.17) is 9.98 Å². The third-order valence-electron chi connectivity index (χ3n) is 16.6. The van der Waals surface area contributed by atoms with Crippen LogP contribution in [0.1, 0.15) is 278 Å². The van der Waals surface area contributed by atoms with E-state index in [2.05, 4.69) is 190 Å². The van der Waals surface area contributed by atoms with Gasteiger partial charge in [0.15, 0.2) is 0 Å². The number of benzene rings is 6. The number of phenolic OH excluding ortho intramolecular Hbond substituents is 6. The number of aryl methyl sites for hydroxylation is 2. The van der Waals surface area contributed by atoms with E-state index >= 15 is 0 Å².